The second kappa shape index (κ2) is 6.22. The van der Waals surface area contributed by atoms with Gasteiger partial charge in [0.25, 0.3) is 11.8 Å². The van der Waals surface area contributed by atoms with Gasteiger partial charge in [-0.2, -0.15) is 13.2 Å². The zero-order valence-electron chi connectivity index (χ0n) is 14.4. The first-order valence-electron chi connectivity index (χ1n) is 8.12. The van der Waals surface area contributed by atoms with Gasteiger partial charge >= 0.3 is 6.18 Å². The Kier molecular flexibility index (Phi) is 3.95. The van der Waals surface area contributed by atoms with Crippen LogP contribution in [0.4, 0.5) is 19.0 Å². The number of hydrogen-bond donors (Lipinski definition) is 0. The third-order valence-corrected chi connectivity index (χ3v) is 4.20. The minimum Gasteiger partial charge on any atom is -0.268 e. The molecule has 0 bridgehead atoms. The van der Waals surface area contributed by atoms with E-state index in [1.807, 2.05) is 0 Å². The van der Waals surface area contributed by atoms with Gasteiger partial charge in [0.1, 0.15) is 5.82 Å². The minimum absolute atomic E-state index is 0.0843. The van der Waals surface area contributed by atoms with E-state index in [4.69, 9.17) is 0 Å². The van der Waals surface area contributed by atoms with Crippen LogP contribution in [0.15, 0.2) is 48.8 Å². The number of alkyl halides is 3. The van der Waals surface area contributed by atoms with E-state index in [0.717, 1.165) is 17.3 Å². The van der Waals surface area contributed by atoms with E-state index < -0.39 is 23.8 Å². The third-order valence-electron chi connectivity index (χ3n) is 4.20. The molecule has 0 fully saturated rings. The standard InChI is InChI=1S/C19H11F3N4O2/c1-10-6-11(12-8-23-18(24-9-12)19(20,21)22)7-15(25-10)26-16(27)13-4-2-3-5-14(13)17(26)28/h2-9H,1H3. The Hall–Kier alpha value is -3.62. The molecule has 0 unspecified atom stereocenters. The molecule has 1 aliphatic rings. The lowest BCUT2D eigenvalue weighted by Gasteiger charge is -2.15. The summed E-state index contributed by atoms with van der Waals surface area (Å²) in [6.45, 7) is 1.65. The number of nitrogens with zero attached hydrogens (tertiary/aromatic N) is 4. The van der Waals surface area contributed by atoms with Gasteiger partial charge in [-0.05, 0) is 36.8 Å². The van der Waals surface area contributed by atoms with E-state index in [9.17, 15) is 22.8 Å². The lowest BCUT2D eigenvalue weighted by Crippen LogP contribution is -2.30. The predicted molar refractivity (Wildman–Crippen MR) is 92.6 cm³/mol. The summed E-state index contributed by atoms with van der Waals surface area (Å²) < 4.78 is 38.0. The van der Waals surface area contributed by atoms with Crippen molar-refractivity contribution in [3.63, 3.8) is 0 Å². The molecule has 3 heterocycles. The maximum atomic E-state index is 12.7. The highest BCUT2D eigenvalue weighted by Gasteiger charge is 2.37. The van der Waals surface area contributed by atoms with Crippen molar-refractivity contribution in [2.75, 3.05) is 4.90 Å². The summed E-state index contributed by atoms with van der Waals surface area (Å²) in [6.07, 6.45) is -2.56. The van der Waals surface area contributed by atoms with Gasteiger partial charge in [-0.3, -0.25) is 9.59 Å². The fourth-order valence-corrected chi connectivity index (χ4v) is 2.95. The summed E-state index contributed by atoms with van der Waals surface area (Å²) in [5.74, 6) is -2.18. The van der Waals surface area contributed by atoms with Crippen LogP contribution >= 0.6 is 0 Å². The van der Waals surface area contributed by atoms with Crippen LogP contribution in [0.5, 0.6) is 0 Å². The Bertz CT molecular complexity index is 1080. The number of halogens is 3. The first-order chi connectivity index (χ1) is 13.3. The van der Waals surface area contributed by atoms with Gasteiger partial charge < -0.3 is 0 Å². The smallest absolute Gasteiger partial charge is 0.268 e. The van der Waals surface area contributed by atoms with E-state index in [1.54, 1.807) is 37.3 Å². The Morgan fingerprint density at radius 2 is 1.46 bits per heavy atom. The monoisotopic (exact) mass is 384 g/mol. The van der Waals surface area contributed by atoms with E-state index in [1.165, 1.54) is 6.07 Å². The highest BCUT2D eigenvalue weighted by Crippen LogP contribution is 2.31. The van der Waals surface area contributed by atoms with Crippen molar-refractivity contribution < 1.29 is 22.8 Å². The molecule has 6 nitrogen and oxygen atoms in total. The Morgan fingerprint density at radius 1 is 0.893 bits per heavy atom. The zero-order valence-corrected chi connectivity index (χ0v) is 14.4. The van der Waals surface area contributed by atoms with Crippen molar-refractivity contribution in [2.24, 2.45) is 0 Å². The number of fused-ring (bicyclic) bond motifs is 1. The molecule has 9 heteroatoms. The van der Waals surface area contributed by atoms with Crippen molar-refractivity contribution in [1.82, 2.24) is 15.0 Å². The molecule has 0 saturated carbocycles. The molecule has 0 spiro atoms. The van der Waals surface area contributed by atoms with E-state index in [2.05, 4.69) is 15.0 Å². The van der Waals surface area contributed by atoms with Gasteiger partial charge in [-0.15, -0.1) is 0 Å². The Balaban J connectivity index is 1.75. The molecule has 2 amide bonds. The zero-order chi connectivity index (χ0) is 20.1. The number of pyridine rings is 1. The lowest BCUT2D eigenvalue weighted by atomic mass is 10.1. The van der Waals surface area contributed by atoms with Crippen LogP contribution in [0.1, 0.15) is 32.2 Å². The summed E-state index contributed by atoms with van der Waals surface area (Å²) in [4.78, 5) is 37.2. The molecule has 140 valence electrons. The number of aromatic nitrogens is 3. The van der Waals surface area contributed by atoms with Gasteiger partial charge in [0.05, 0.1) is 11.1 Å². The van der Waals surface area contributed by atoms with Crippen LogP contribution in [0.2, 0.25) is 0 Å². The molecule has 0 saturated heterocycles. The van der Waals surface area contributed by atoms with E-state index in [-0.39, 0.29) is 16.9 Å². The summed E-state index contributed by atoms with van der Waals surface area (Å²) >= 11 is 0. The normalized spacial score (nSPS) is 13.8. The minimum atomic E-state index is -4.64. The number of hydrogen-bond acceptors (Lipinski definition) is 5. The van der Waals surface area contributed by atoms with Crippen molar-refractivity contribution in [3.05, 3.63) is 71.4 Å². The Morgan fingerprint density at radius 3 is 2.00 bits per heavy atom. The topological polar surface area (TPSA) is 76.1 Å². The highest BCUT2D eigenvalue weighted by atomic mass is 19.4. The van der Waals surface area contributed by atoms with Crippen LogP contribution in [-0.2, 0) is 6.18 Å². The van der Waals surface area contributed by atoms with Crippen LogP contribution in [0.25, 0.3) is 11.1 Å². The van der Waals surface area contributed by atoms with Crippen molar-refractivity contribution in [3.8, 4) is 11.1 Å². The van der Waals surface area contributed by atoms with Gasteiger partial charge in [-0.25, -0.2) is 19.9 Å². The molecule has 0 N–H and O–H groups in total. The number of imide groups is 1. The number of rotatable bonds is 2. The molecule has 0 aliphatic carbocycles. The molecule has 28 heavy (non-hydrogen) atoms. The molecule has 1 aliphatic heterocycles. The first-order valence-corrected chi connectivity index (χ1v) is 8.12. The lowest BCUT2D eigenvalue weighted by molar-refractivity contribution is -0.144. The maximum Gasteiger partial charge on any atom is 0.451 e. The fraction of sp³-hybridized carbons (Fsp3) is 0.105. The second-order valence-corrected chi connectivity index (χ2v) is 6.14. The quantitative estimate of drug-likeness (QED) is 0.630. The van der Waals surface area contributed by atoms with Gasteiger partial charge in [0, 0.05) is 23.7 Å². The van der Waals surface area contributed by atoms with Gasteiger partial charge in [-0.1, -0.05) is 12.1 Å². The van der Waals surface area contributed by atoms with Gasteiger partial charge in [0.15, 0.2) is 0 Å². The second-order valence-electron chi connectivity index (χ2n) is 6.14. The molecule has 0 atom stereocenters. The summed E-state index contributed by atoms with van der Waals surface area (Å²) in [7, 11) is 0. The molecule has 3 aromatic rings. The molecule has 4 rings (SSSR count). The maximum absolute atomic E-state index is 12.7. The molecule has 1 aromatic carbocycles. The number of benzene rings is 1. The number of carbonyl (C=O) groups is 2. The molecular weight excluding hydrogens is 373 g/mol. The molecular formula is C19H11F3N4O2. The SMILES string of the molecule is Cc1cc(-c2cnc(C(F)(F)F)nc2)cc(N2C(=O)c3ccccc3C2=O)n1. The van der Waals surface area contributed by atoms with Crippen LogP contribution < -0.4 is 4.90 Å². The van der Waals surface area contributed by atoms with Crippen molar-refractivity contribution >= 4 is 17.6 Å². The van der Waals surface area contributed by atoms with E-state index in [0.29, 0.717) is 16.8 Å². The fourth-order valence-electron chi connectivity index (χ4n) is 2.95. The Labute approximate surface area is 156 Å². The molecule has 0 radical (unpaired) electrons. The van der Waals surface area contributed by atoms with Crippen molar-refractivity contribution in [1.29, 1.82) is 0 Å². The number of amides is 2. The average molecular weight is 384 g/mol. The van der Waals surface area contributed by atoms with Crippen molar-refractivity contribution in [2.45, 2.75) is 13.1 Å². The summed E-state index contributed by atoms with van der Waals surface area (Å²) in [5.41, 5.74) is 1.76. The molecule has 2 aromatic heterocycles. The predicted octanol–water partition coefficient (Wildman–Crippen LogP) is 3.67. The summed E-state index contributed by atoms with van der Waals surface area (Å²) in [5, 5.41) is 0. The number of carbonyl (C=O) groups excluding carboxylic acids is 2. The highest BCUT2D eigenvalue weighted by molar-refractivity contribution is 6.34. The largest absolute Gasteiger partial charge is 0.451 e. The number of aryl methyl sites for hydroxylation is 1. The first kappa shape index (κ1) is 17.8. The van der Waals surface area contributed by atoms with E-state index >= 15 is 0 Å². The third kappa shape index (κ3) is 2.90. The van der Waals surface area contributed by atoms with Crippen LogP contribution in [0, 0.1) is 6.92 Å². The van der Waals surface area contributed by atoms with Crippen LogP contribution in [-0.4, -0.2) is 26.8 Å². The summed E-state index contributed by atoms with van der Waals surface area (Å²) in [6, 6.07) is 9.46. The average Bonchev–Trinajstić information content (AvgIpc) is 2.92. The number of anilines is 1. The van der Waals surface area contributed by atoms with Gasteiger partial charge in [0.2, 0.25) is 5.82 Å². The van der Waals surface area contributed by atoms with Crippen LogP contribution in [0.3, 0.4) is 0 Å².